The van der Waals surface area contributed by atoms with Gasteiger partial charge in [0.2, 0.25) is 11.8 Å². The largest absolute Gasteiger partial charge is 0.350 e. The number of nitrogens with one attached hydrogen (secondary N) is 1. The number of rotatable bonds is 7. The molecule has 2 amide bonds. The van der Waals surface area contributed by atoms with Crippen LogP contribution in [0, 0.1) is 5.82 Å². The summed E-state index contributed by atoms with van der Waals surface area (Å²) in [5, 5.41) is 3.53. The third kappa shape index (κ3) is 7.17. The maximum atomic E-state index is 13.2. The van der Waals surface area contributed by atoms with Crippen molar-refractivity contribution in [2.24, 2.45) is 0 Å². The van der Waals surface area contributed by atoms with Gasteiger partial charge < -0.3 is 10.2 Å². The second-order valence-electron chi connectivity index (χ2n) is 8.15. The molecule has 0 radical (unpaired) electrons. The van der Waals surface area contributed by atoms with E-state index in [1.54, 1.807) is 25.1 Å². The van der Waals surface area contributed by atoms with Crippen LogP contribution in [0.15, 0.2) is 48.5 Å². The maximum Gasteiger partial charge on any atom is 0.242 e. The minimum atomic E-state index is -0.668. The van der Waals surface area contributed by atoms with E-state index >= 15 is 0 Å². The lowest BCUT2D eigenvalue weighted by atomic mass is 10.1. The molecular weight excluding hydrogens is 391 g/mol. The average Bonchev–Trinajstić information content (AvgIpc) is 2.64. The quantitative estimate of drug-likeness (QED) is 0.705. The number of hydrogen-bond donors (Lipinski definition) is 1. The van der Waals surface area contributed by atoms with Crippen LogP contribution in [-0.4, -0.2) is 28.3 Å². The molecule has 2 aromatic carbocycles. The van der Waals surface area contributed by atoms with E-state index < -0.39 is 11.6 Å². The van der Waals surface area contributed by atoms with E-state index in [0.717, 1.165) is 11.1 Å². The summed E-state index contributed by atoms with van der Waals surface area (Å²) in [6.07, 6.45) is 0.699. The van der Waals surface area contributed by atoms with E-state index in [0.29, 0.717) is 11.4 Å². The van der Waals surface area contributed by atoms with Crippen LogP contribution in [0.25, 0.3) is 0 Å². The highest BCUT2D eigenvalue weighted by Crippen LogP contribution is 2.19. The number of nitrogens with zero attached hydrogens (tertiary/aromatic N) is 1. The summed E-state index contributed by atoms with van der Waals surface area (Å²) in [6, 6.07) is 12.7. The molecule has 0 bridgehead atoms. The van der Waals surface area contributed by atoms with Crippen LogP contribution in [0.1, 0.15) is 45.2 Å². The van der Waals surface area contributed by atoms with Crippen LogP contribution >= 0.6 is 11.6 Å². The second-order valence-corrected chi connectivity index (χ2v) is 8.56. The highest BCUT2D eigenvalue weighted by Gasteiger charge is 2.28. The Bertz CT molecular complexity index is 847. The molecule has 0 saturated heterocycles. The summed E-state index contributed by atoms with van der Waals surface area (Å²) >= 11 is 6.19. The molecule has 0 aliphatic heterocycles. The zero-order valence-electron chi connectivity index (χ0n) is 17.3. The number of hydrogen-bond acceptors (Lipinski definition) is 2. The summed E-state index contributed by atoms with van der Waals surface area (Å²) < 4.78 is 13.2. The van der Waals surface area contributed by atoms with E-state index in [1.807, 2.05) is 39.0 Å². The summed E-state index contributed by atoms with van der Waals surface area (Å²) in [5.74, 6) is -0.736. The first kappa shape index (κ1) is 22.9. The van der Waals surface area contributed by atoms with Crippen molar-refractivity contribution in [3.8, 4) is 0 Å². The molecule has 0 aromatic heterocycles. The zero-order chi connectivity index (χ0) is 21.6. The molecule has 0 saturated carbocycles. The Morgan fingerprint density at radius 2 is 1.72 bits per heavy atom. The van der Waals surface area contributed by atoms with Gasteiger partial charge in [0.05, 0.1) is 0 Å². The van der Waals surface area contributed by atoms with Gasteiger partial charge in [-0.25, -0.2) is 4.39 Å². The van der Waals surface area contributed by atoms with Crippen molar-refractivity contribution in [1.29, 1.82) is 0 Å². The van der Waals surface area contributed by atoms with Crippen LogP contribution in [-0.2, 0) is 22.6 Å². The Balaban J connectivity index is 2.18. The molecule has 4 nitrogen and oxygen atoms in total. The highest BCUT2D eigenvalue weighted by molar-refractivity contribution is 6.31. The van der Waals surface area contributed by atoms with Gasteiger partial charge in [0.15, 0.2) is 0 Å². The smallest absolute Gasteiger partial charge is 0.242 e. The molecule has 0 aliphatic rings. The number of aryl methyl sites for hydroxylation is 1. The van der Waals surface area contributed by atoms with E-state index in [2.05, 4.69) is 5.32 Å². The summed E-state index contributed by atoms with van der Waals surface area (Å²) in [7, 11) is 0. The molecule has 0 aliphatic carbocycles. The number of halogens is 2. The zero-order valence-corrected chi connectivity index (χ0v) is 18.1. The van der Waals surface area contributed by atoms with Gasteiger partial charge in [-0.1, -0.05) is 41.9 Å². The number of carbonyl (C=O) groups is 2. The molecule has 0 heterocycles. The number of benzene rings is 2. The fourth-order valence-corrected chi connectivity index (χ4v) is 3.16. The molecule has 6 heteroatoms. The van der Waals surface area contributed by atoms with Crippen LogP contribution in [0.3, 0.4) is 0 Å². The van der Waals surface area contributed by atoms with Crippen LogP contribution in [0.5, 0.6) is 0 Å². The molecular formula is C23H28ClFN2O2. The fraction of sp³-hybridized carbons (Fsp3) is 0.391. The predicted octanol–water partition coefficient (Wildman–Crippen LogP) is 4.74. The Hall–Kier alpha value is -2.40. The Morgan fingerprint density at radius 3 is 2.31 bits per heavy atom. The predicted molar refractivity (Wildman–Crippen MR) is 114 cm³/mol. The Kier molecular flexibility index (Phi) is 7.80. The molecule has 2 aromatic rings. The average molecular weight is 419 g/mol. The fourth-order valence-electron chi connectivity index (χ4n) is 2.93. The normalized spacial score (nSPS) is 12.3. The molecule has 2 rings (SSSR count). The van der Waals surface area contributed by atoms with Crippen molar-refractivity contribution in [3.63, 3.8) is 0 Å². The minimum Gasteiger partial charge on any atom is -0.350 e. The van der Waals surface area contributed by atoms with E-state index in [1.165, 1.54) is 17.0 Å². The second kappa shape index (κ2) is 9.88. The first-order valence-electron chi connectivity index (χ1n) is 9.66. The van der Waals surface area contributed by atoms with Gasteiger partial charge in [-0.3, -0.25) is 9.59 Å². The van der Waals surface area contributed by atoms with Crippen LogP contribution < -0.4 is 5.32 Å². The summed E-state index contributed by atoms with van der Waals surface area (Å²) in [4.78, 5) is 27.3. The Morgan fingerprint density at radius 1 is 1.10 bits per heavy atom. The van der Waals surface area contributed by atoms with Gasteiger partial charge in [0.1, 0.15) is 11.9 Å². The summed E-state index contributed by atoms with van der Waals surface area (Å²) in [5.41, 5.74) is 1.23. The lowest BCUT2D eigenvalue weighted by Gasteiger charge is -2.31. The lowest BCUT2D eigenvalue weighted by molar-refractivity contribution is -0.141. The van der Waals surface area contributed by atoms with Gasteiger partial charge in [-0.05, 0) is 63.4 Å². The summed E-state index contributed by atoms with van der Waals surface area (Å²) in [6.45, 7) is 7.60. The molecule has 29 heavy (non-hydrogen) atoms. The maximum absolute atomic E-state index is 13.2. The lowest BCUT2D eigenvalue weighted by Crippen LogP contribution is -2.52. The topological polar surface area (TPSA) is 49.4 Å². The standard InChI is InChI=1S/C23H28ClFN2O2/c1-16(22(29)26-23(2,3)4)27(15-17-9-12-19(25)13-10-17)21(28)14-11-18-7-5-6-8-20(18)24/h5-10,12-13,16H,11,14-15H2,1-4H3,(H,26,29). The first-order valence-corrected chi connectivity index (χ1v) is 10.0. The number of carbonyl (C=O) groups excluding carboxylic acids is 2. The minimum absolute atomic E-state index is 0.161. The van der Waals surface area contributed by atoms with Crippen LogP contribution in [0.4, 0.5) is 4.39 Å². The molecule has 1 N–H and O–H groups in total. The van der Waals surface area contributed by atoms with Crippen LogP contribution in [0.2, 0.25) is 5.02 Å². The molecule has 0 fully saturated rings. The molecule has 0 spiro atoms. The van der Waals surface area contributed by atoms with Gasteiger partial charge >= 0.3 is 0 Å². The first-order chi connectivity index (χ1) is 13.6. The molecule has 156 valence electrons. The highest BCUT2D eigenvalue weighted by atomic mass is 35.5. The third-order valence-corrected chi connectivity index (χ3v) is 4.87. The number of amides is 2. The van der Waals surface area contributed by atoms with Crippen molar-refractivity contribution in [1.82, 2.24) is 10.2 Å². The van der Waals surface area contributed by atoms with Gasteiger partial charge in [-0.15, -0.1) is 0 Å². The van der Waals surface area contributed by atoms with Gasteiger partial charge in [-0.2, -0.15) is 0 Å². The van der Waals surface area contributed by atoms with Crippen molar-refractivity contribution in [2.75, 3.05) is 0 Å². The molecule has 1 atom stereocenters. The van der Waals surface area contributed by atoms with Gasteiger partial charge in [0.25, 0.3) is 0 Å². The van der Waals surface area contributed by atoms with E-state index in [4.69, 9.17) is 11.6 Å². The van der Waals surface area contributed by atoms with Gasteiger partial charge in [0, 0.05) is 23.5 Å². The van der Waals surface area contributed by atoms with Crippen molar-refractivity contribution < 1.29 is 14.0 Å². The van der Waals surface area contributed by atoms with Crippen molar-refractivity contribution >= 4 is 23.4 Å². The van der Waals surface area contributed by atoms with Crippen molar-refractivity contribution in [3.05, 3.63) is 70.5 Å². The SMILES string of the molecule is CC(C(=O)NC(C)(C)C)N(Cc1ccc(F)cc1)C(=O)CCc1ccccc1Cl. The monoisotopic (exact) mass is 418 g/mol. The van der Waals surface area contributed by atoms with Crippen molar-refractivity contribution in [2.45, 2.75) is 58.7 Å². The third-order valence-electron chi connectivity index (χ3n) is 4.50. The van der Waals surface area contributed by atoms with E-state index in [-0.39, 0.29) is 30.6 Å². The molecule has 1 unspecified atom stereocenters. The van der Waals surface area contributed by atoms with E-state index in [9.17, 15) is 14.0 Å². The Labute approximate surface area is 177 Å².